The Labute approximate surface area is 180 Å². The largest absolute Gasteiger partial charge is 0.350 e. The molecule has 0 radical (unpaired) electrons. The van der Waals surface area contributed by atoms with E-state index < -0.39 is 17.5 Å². The molecular weight excluding hydrogens is 396 g/mol. The van der Waals surface area contributed by atoms with Gasteiger partial charge in [-0.3, -0.25) is 14.5 Å². The van der Waals surface area contributed by atoms with Gasteiger partial charge in [0.2, 0.25) is 11.9 Å². The number of anilines is 1. The number of nitrogens with one attached hydrogen (secondary N) is 2. The van der Waals surface area contributed by atoms with Crippen molar-refractivity contribution < 1.29 is 14.4 Å². The van der Waals surface area contributed by atoms with Crippen molar-refractivity contribution in [2.45, 2.75) is 38.3 Å². The molecule has 4 rings (SSSR count). The molecular formula is C22H26N6O3. The van der Waals surface area contributed by atoms with Crippen LogP contribution >= 0.6 is 0 Å². The molecule has 2 fully saturated rings. The monoisotopic (exact) mass is 422 g/mol. The third-order valence-electron chi connectivity index (χ3n) is 5.83. The van der Waals surface area contributed by atoms with Crippen LogP contribution in [-0.4, -0.2) is 58.4 Å². The van der Waals surface area contributed by atoms with Crippen LogP contribution < -0.4 is 15.5 Å². The summed E-state index contributed by atoms with van der Waals surface area (Å²) in [5, 5.41) is 5.69. The molecule has 2 unspecified atom stereocenters. The van der Waals surface area contributed by atoms with Crippen molar-refractivity contribution in [2.75, 3.05) is 24.5 Å². The zero-order valence-electron chi connectivity index (χ0n) is 17.7. The van der Waals surface area contributed by atoms with Crippen LogP contribution in [0.4, 0.5) is 10.7 Å². The molecule has 162 valence electrons. The molecule has 31 heavy (non-hydrogen) atoms. The van der Waals surface area contributed by atoms with Gasteiger partial charge < -0.3 is 15.5 Å². The van der Waals surface area contributed by atoms with Crippen molar-refractivity contribution in [3.05, 3.63) is 53.9 Å². The third kappa shape index (κ3) is 4.21. The third-order valence-corrected chi connectivity index (χ3v) is 5.83. The van der Waals surface area contributed by atoms with Crippen LogP contribution in [0.15, 0.2) is 42.7 Å². The van der Waals surface area contributed by atoms with Crippen LogP contribution in [0.25, 0.3) is 0 Å². The summed E-state index contributed by atoms with van der Waals surface area (Å²) in [5.41, 5.74) is 0.560. The van der Waals surface area contributed by atoms with Gasteiger partial charge in [-0.15, -0.1) is 0 Å². The Bertz CT molecular complexity index is 981. The highest BCUT2D eigenvalue weighted by Crippen LogP contribution is 2.29. The molecule has 1 aromatic carbocycles. The molecule has 3 heterocycles. The topological polar surface area (TPSA) is 108 Å². The Kier molecular flexibility index (Phi) is 5.58. The number of piperidine rings is 1. The molecule has 2 saturated heterocycles. The van der Waals surface area contributed by atoms with Crippen LogP contribution in [0, 0.1) is 6.92 Å². The number of urea groups is 1. The lowest BCUT2D eigenvalue weighted by molar-refractivity contribution is -0.135. The average Bonchev–Trinajstić information content (AvgIpc) is 2.99. The van der Waals surface area contributed by atoms with Crippen LogP contribution in [0.5, 0.6) is 0 Å². The minimum absolute atomic E-state index is 0.102. The van der Waals surface area contributed by atoms with Crippen molar-refractivity contribution in [1.82, 2.24) is 25.5 Å². The number of imide groups is 1. The molecule has 4 amide bonds. The summed E-state index contributed by atoms with van der Waals surface area (Å²) in [6.45, 7) is 4.70. The minimum Gasteiger partial charge on any atom is -0.350 e. The quantitative estimate of drug-likeness (QED) is 0.704. The molecule has 0 saturated carbocycles. The van der Waals surface area contributed by atoms with Gasteiger partial charge in [-0.25, -0.2) is 14.8 Å². The number of hydrogen-bond donors (Lipinski definition) is 2. The summed E-state index contributed by atoms with van der Waals surface area (Å²) < 4.78 is 0. The number of amides is 4. The van der Waals surface area contributed by atoms with E-state index >= 15 is 0 Å². The first-order valence-electron chi connectivity index (χ1n) is 10.4. The smallest absolute Gasteiger partial charge is 0.325 e. The highest BCUT2D eigenvalue weighted by atomic mass is 16.2. The van der Waals surface area contributed by atoms with Gasteiger partial charge in [-0.1, -0.05) is 29.8 Å². The molecule has 2 aromatic rings. The van der Waals surface area contributed by atoms with Crippen molar-refractivity contribution in [2.24, 2.45) is 0 Å². The maximum atomic E-state index is 13.0. The van der Waals surface area contributed by atoms with Gasteiger partial charge in [0, 0.05) is 31.5 Å². The number of hydrogen-bond acceptors (Lipinski definition) is 6. The van der Waals surface area contributed by atoms with E-state index in [-0.39, 0.29) is 18.5 Å². The summed E-state index contributed by atoms with van der Waals surface area (Å²) in [6, 6.07) is 8.51. The normalized spacial score (nSPS) is 23.6. The van der Waals surface area contributed by atoms with E-state index in [9.17, 15) is 14.4 Å². The Morgan fingerprint density at radius 1 is 1.23 bits per heavy atom. The molecule has 1 aromatic heterocycles. The number of benzene rings is 1. The van der Waals surface area contributed by atoms with Gasteiger partial charge in [0.15, 0.2) is 0 Å². The first-order chi connectivity index (χ1) is 14.9. The molecule has 2 N–H and O–H groups in total. The standard InChI is InChI=1S/C22H26N6O3/c1-15-6-8-16(9-7-15)22(2)19(30)28(21(31)26-22)14-18(29)25-17-5-3-12-27(13-17)20-23-10-4-11-24-20/h4,6-11,17H,3,5,12-14H2,1-2H3,(H,25,29)(H,26,31). The highest BCUT2D eigenvalue weighted by molar-refractivity contribution is 6.09. The number of aromatic nitrogens is 2. The number of carbonyl (C=O) groups is 3. The first-order valence-corrected chi connectivity index (χ1v) is 10.4. The van der Waals surface area contributed by atoms with E-state index in [1.54, 1.807) is 25.4 Å². The van der Waals surface area contributed by atoms with E-state index in [1.165, 1.54) is 0 Å². The van der Waals surface area contributed by atoms with Crippen molar-refractivity contribution >= 4 is 23.8 Å². The fourth-order valence-electron chi connectivity index (χ4n) is 4.07. The fourth-order valence-corrected chi connectivity index (χ4v) is 4.07. The summed E-state index contributed by atoms with van der Waals surface area (Å²) in [7, 11) is 0. The first kappa shape index (κ1) is 20.8. The Morgan fingerprint density at radius 3 is 2.65 bits per heavy atom. The Morgan fingerprint density at radius 2 is 1.94 bits per heavy atom. The van der Waals surface area contributed by atoms with Crippen LogP contribution in [-0.2, 0) is 15.1 Å². The highest BCUT2D eigenvalue weighted by Gasteiger charge is 2.49. The van der Waals surface area contributed by atoms with E-state index in [1.807, 2.05) is 36.1 Å². The zero-order valence-corrected chi connectivity index (χ0v) is 17.7. The molecule has 2 aliphatic heterocycles. The summed E-state index contributed by atoms with van der Waals surface area (Å²) in [5.74, 6) is -0.165. The van der Waals surface area contributed by atoms with Crippen molar-refractivity contribution in [3.63, 3.8) is 0 Å². The minimum atomic E-state index is -1.18. The predicted molar refractivity (Wildman–Crippen MR) is 114 cm³/mol. The number of nitrogens with zero attached hydrogens (tertiary/aromatic N) is 4. The molecule has 9 heteroatoms. The van der Waals surface area contributed by atoms with Crippen LogP contribution in [0.2, 0.25) is 0 Å². The number of carbonyl (C=O) groups excluding carboxylic acids is 3. The Hall–Kier alpha value is -3.49. The van der Waals surface area contributed by atoms with Gasteiger partial charge in [0.1, 0.15) is 12.1 Å². The zero-order chi connectivity index (χ0) is 22.0. The van der Waals surface area contributed by atoms with Gasteiger partial charge >= 0.3 is 6.03 Å². The second kappa shape index (κ2) is 8.33. The summed E-state index contributed by atoms with van der Waals surface area (Å²) in [6.07, 6.45) is 5.08. The lowest BCUT2D eigenvalue weighted by Gasteiger charge is -2.33. The summed E-state index contributed by atoms with van der Waals surface area (Å²) >= 11 is 0. The number of aryl methyl sites for hydroxylation is 1. The molecule has 2 atom stereocenters. The second-order valence-electron chi connectivity index (χ2n) is 8.21. The van der Waals surface area contributed by atoms with E-state index in [4.69, 9.17) is 0 Å². The molecule has 2 aliphatic rings. The molecule has 0 bridgehead atoms. The van der Waals surface area contributed by atoms with Gasteiger partial charge in [-0.2, -0.15) is 0 Å². The van der Waals surface area contributed by atoms with Gasteiger partial charge in [0.25, 0.3) is 5.91 Å². The average molecular weight is 422 g/mol. The van der Waals surface area contributed by atoms with Crippen LogP contribution in [0.1, 0.15) is 30.9 Å². The predicted octanol–water partition coefficient (Wildman–Crippen LogP) is 1.34. The molecule has 0 spiro atoms. The van der Waals surface area contributed by atoms with Gasteiger partial charge in [0.05, 0.1) is 0 Å². The van der Waals surface area contributed by atoms with Crippen molar-refractivity contribution in [3.8, 4) is 0 Å². The lowest BCUT2D eigenvalue weighted by atomic mass is 9.91. The van der Waals surface area contributed by atoms with E-state index in [2.05, 4.69) is 20.6 Å². The van der Waals surface area contributed by atoms with E-state index in [0.29, 0.717) is 18.1 Å². The number of rotatable bonds is 5. The maximum Gasteiger partial charge on any atom is 0.325 e. The maximum absolute atomic E-state index is 13.0. The summed E-state index contributed by atoms with van der Waals surface area (Å²) in [4.78, 5) is 49.7. The molecule has 0 aliphatic carbocycles. The lowest BCUT2D eigenvalue weighted by Crippen LogP contribution is -2.51. The van der Waals surface area contributed by atoms with Crippen LogP contribution in [0.3, 0.4) is 0 Å². The fraction of sp³-hybridized carbons (Fsp3) is 0.409. The van der Waals surface area contributed by atoms with E-state index in [0.717, 1.165) is 29.8 Å². The second-order valence-corrected chi connectivity index (χ2v) is 8.21. The molecule has 9 nitrogen and oxygen atoms in total. The van der Waals surface area contributed by atoms with Gasteiger partial charge in [-0.05, 0) is 38.3 Å². The SMILES string of the molecule is Cc1ccc(C2(C)NC(=O)N(CC(=O)NC3CCCN(c4ncccn4)C3)C2=O)cc1. The Balaban J connectivity index is 1.38. The van der Waals surface area contributed by atoms with Crippen molar-refractivity contribution in [1.29, 1.82) is 0 Å².